The first-order valence-corrected chi connectivity index (χ1v) is 9.81. The van der Waals surface area contributed by atoms with Gasteiger partial charge in [0.05, 0.1) is 20.8 Å². The van der Waals surface area contributed by atoms with Crippen molar-refractivity contribution in [3.63, 3.8) is 0 Å². The van der Waals surface area contributed by atoms with Crippen LogP contribution in [-0.2, 0) is 16.6 Å². The number of aromatic nitrogens is 2. The molecule has 9 heteroatoms. The van der Waals surface area contributed by atoms with Crippen LogP contribution in [0.15, 0.2) is 59.6 Å². The van der Waals surface area contributed by atoms with E-state index in [2.05, 4.69) is 9.82 Å². The highest BCUT2D eigenvalue weighted by atomic mass is 35.5. The van der Waals surface area contributed by atoms with Gasteiger partial charge in [-0.25, -0.2) is 8.42 Å². The monoisotopic (exact) mass is 407 g/mol. The summed E-state index contributed by atoms with van der Waals surface area (Å²) in [6.07, 6.45) is 1.67. The van der Waals surface area contributed by atoms with E-state index in [4.69, 9.17) is 21.1 Å². The van der Waals surface area contributed by atoms with E-state index in [-0.39, 0.29) is 16.5 Å². The van der Waals surface area contributed by atoms with Crippen LogP contribution in [0.25, 0.3) is 0 Å². The third-order valence-corrected chi connectivity index (χ3v) is 5.57. The molecule has 3 aromatic rings. The zero-order valence-corrected chi connectivity index (χ0v) is 16.3. The Balaban J connectivity index is 1.83. The Morgan fingerprint density at radius 3 is 2.59 bits per heavy atom. The van der Waals surface area contributed by atoms with E-state index in [0.717, 1.165) is 5.56 Å². The largest absolute Gasteiger partial charge is 0.497 e. The van der Waals surface area contributed by atoms with Gasteiger partial charge in [-0.05, 0) is 23.8 Å². The highest BCUT2D eigenvalue weighted by Crippen LogP contribution is 2.29. The minimum atomic E-state index is -3.91. The van der Waals surface area contributed by atoms with Gasteiger partial charge in [-0.1, -0.05) is 29.8 Å². The fraction of sp³-hybridized carbons (Fsp3) is 0.167. The quantitative estimate of drug-likeness (QED) is 0.649. The van der Waals surface area contributed by atoms with Crippen LogP contribution in [0, 0.1) is 0 Å². The maximum Gasteiger partial charge on any atom is 0.266 e. The van der Waals surface area contributed by atoms with Gasteiger partial charge in [0.2, 0.25) is 0 Å². The van der Waals surface area contributed by atoms with Crippen LogP contribution >= 0.6 is 11.6 Å². The molecule has 7 nitrogen and oxygen atoms in total. The zero-order valence-electron chi connectivity index (χ0n) is 14.7. The number of nitrogens with zero attached hydrogens (tertiary/aromatic N) is 2. The normalized spacial score (nSPS) is 11.2. The van der Waals surface area contributed by atoms with Gasteiger partial charge in [0.25, 0.3) is 10.0 Å². The number of sulfonamides is 1. The summed E-state index contributed by atoms with van der Waals surface area (Å²) in [5, 5.41) is 4.87. The Kier molecular flexibility index (Phi) is 5.57. The molecule has 0 saturated carbocycles. The van der Waals surface area contributed by atoms with Crippen LogP contribution in [0.4, 0.5) is 5.82 Å². The Hall–Kier alpha value is -2.71. The molecule has 1 N–H and O–H groups in total. The molecule has 1 heterocycles. The predicted octanol–water partition coefficient (Wildman–Crippen LogP) is 3.40. The van der Waals surface area contributed by atoms with Gasteiger partial charge in [-0.3, -0.25) is 9.40 Å². The van der Waals surface area contributed by atoms with Crippen LogP contribution in [0.1, 0.15) is 5.56 Å². The first kappa shape index (κ1) is 19.1. The van der Waals surface area contributed by atoms with Gasteiger partial charge in [-0.2, -0.15) is 5.10 Å². The Morgan fingerprint density at radius 2 is 1.89 bits per heavy atom. The summed E-state index contributed by atoms with van der Waals surface area (Å²) in [7, 11) is -1.05. The number of ether oxygens (including phenoxy) is 2. The highest BCUT2D eigenvalue weighted by Gasteiger charge is 2.21. The molecular formula is C18H18ClN3O4S. The number of benzene rings is 2. The average Bonchev–Trinajstić information content (AvgIpc) is 3.09. The third kappa shape index (κ3) is 4.35. The van der Waals surface area contributed by atoms with E-state index in [1.54, 1.807) is 29.1 Å². The zero-order chi connectivity index (χ0) is 19.4. The molecule has 0 atom stereocenters. The standard InChI is InChI=1S/C18H18ClN3O4S/c1-25-14-7-8-16(26-2)17(11-14)27(23,24)21-18-9-10-22(20-18)12-13-5-3-4-6-15(13)19/h3-11H,12H2,1-2H3,(H,20,21). The summed E-state index contributed by atoms with van der Waals surface area (Å²) in [5.74, 6) is 0.797. The smallest absolute Gasteiger partial charge is 0.266 e. The summed E-state index contributed by atoms with van der Waals surface area (Å²) >= 11 is 6.15. The van der Waals surface area contributed by atoms with Crippen molar-refractivity contribution in [1.29, 1.82) is 0 Å². The lowest BCUT2D eigenvalue weighted by Gasteiger charge is -2.11. The molecule has 0 radical (unpaired) electrons. The first-order chi connectivity index (χ1) is 12.9. The molecule has 0 spiro atoms. The Labute approximate surface area is 162 Å². The number of hydrogen-bond acceptors (Lipinski definition) is 5. The highest BCUT2D eigenvalue weighted by molar-refractivity contribution is 7.92. The van der Waals surface area contributed by atoms with Crippen LogP contribution in [-0.4, -0.2) is 32.4 Å². The van der Waals surface area contributed by atoms with E-state index in [1.165, 1.54) is 26.4 Å². The number of anilines is 1. The fourth-order valence-electron chi connectivity index (χ4n) is 2.49. The lowest BCUT2D eigenvalue weighted by Crippen LogP contribution is -2.15. The molecule has 27 heavy (non-hydrogen) atoms. The van der Waals surface area contributed by atoms with Crippen molar-refractivity contribution >= 4 is 27.4 Å². The second-order valence-corrected chi connectivity index (χ2v) is 7.67. The van der Waals surface area contributed by atoms with Crippen molar-refractivity contribution in [2.24, 2.45) is 0 Å². The van der Waals surface area contributed by atoms with Gasteiger partial charge >= 0.3 is 0 Å². The number of methoxy groups -OCH3 is 2. The van der Waals surface area contributed by atoms with E-state index >= 15 is 0 Å². The summed E-state index contributed by atoms with van der Waals surface area (Å²) in [6.45, 7) is 0.421. The summed E-state index contributed by atoms with van der Waals surface area (Å²) in [4.78, 5) is -0.0370. The topological polar surface area (TPSA) is 82.5 Å². The molecule has 142 valence electrons. The maximum absolute atomic E-state index is 12.8. The maximum atomic E-state index is 12.8. The Bertz CT molecular complexity index is 1050. The molecule has 0 aliphatic heterocycles. The molecule has 3 rings (SSSR count). The molecule has 0 unspecified atom stereocenters. The van der Waals surface area contributed by atoms with Gasteiger partial charge in [0.15, 0.2) is 5.82 Å². The molecule has 0 aliphatic carbocycles. The molecular weight excluding hydrogens is 390 g/mol. The van der Waals surface area contributed by atoms with Crippen molar-refractivity contribution in [2.75, 3.05) is 18.9 Å². The molecule has 2 aromatic carbocycles. The van der Waals surface area contributed by atoms with Crippen molar-refractivity contribution in [3.05, 3.63) is 65.3 Å². The lowest BCUT2D eigenvalue weighted by atomic mass is 10.2. The van der Waals surface area contributed by atoms with Crippen molar-refractivity contribution in [3.8, 4) is 11.5 Å². The minimum Gasteiger partial charge on any atom is -0.497 e. The van der Waals surface area contributed by atoms with E-state index in [1.807, 2.05) is 18.2 Å². The second-order valence-electron chi connectivity index (χ2n) is 5.61. The van der Waals surface area contributed by atoms with Gasteiger partial charge in [0, 0.05) is 23.4 Å². The number of hydrogen-bond donors (Lipinski definition) is 1. The van der Waals surface area contributed by atoms with Crippen LogP contribution in [0.3, 0.4) is 0 Å². The fourth-order valence-corrected chi connectivity index (χ4v) is 3.87. The molecule has 0 amide bonds. The van der Waals surface area contributed by atoms with E-state index in [9.17, 15) is 8.42 Å². The number of nitrogens with one attached hydrogen (secondary N) is 1. The van der Waals surface area contributed by atoms with E-state index in [0.29, 0.717) is 17.3 Å². The van der Waals surface area contributed by atoms with Gasteiger partial charge in [-0.15, -0.1) is 0 Å². The Morgan fingerprint density at radius 1 is 1.11 bits per heavy atom. The van der Waals surface area contributed by atoms with Crippen LogP contribution in [0.2, 0.25) is 5.02 Å². The summed E-state index contributed by atoms with van der Waals surface area (Å²) in [5.41, 5.74) is 0.881. The number of rotatable bonds is 7. The molecule has 0 aliphatic rings. The molecule has 0 fully saturated rings. The molecule has 1 aromatic heterocycles. The molecule has 0 bridgehead atoms. The lowest BCUT2D eigenvalue weighted by molar-refractivity contribution is 0.392. The van der Waals surface area contributed by atoms with Crippen molar-refractivity contribution in [1.82, 2.24) is 9.78 Å². The average molecular weight is 408 g/mol. The minimum absolute atomic E-state index is 0.0370. The van der Waals surface area contributed by atoms with Crippen LogP contribution < -0.4 is 14.2 Å². The SMILES string of the molecule is COc1ccc(OC)c(S(=O)(=O)Nc2ccn(Cc3ccccc3Cl)n2)c1. The summed E-state index contributed by atoms with van der Waals surface area (Å²) in [6, 6.07) is 13.5. The summed E-state index contributed by atoms with van der Waals surface area (Å²) < 4.78 is 39.8. The van der Waals surface area contributed by atoms with Crippen molar-refractivity contribution in [2.45, 2.75) is 11.4 Å². The predicted molar refractivity (Wildman–Crippen MR) is 103 cm³/mol. The third-order valence-electron chi connectivity index (χ3n) is 3.83. The first-order valence-electron chi connectivity index (χ1n) is 7.94. The van der Waals surface area contributed by atoms with E-state index < -0.39 is 10.0 Å². The number of halogens is 1. The second kappa shape index (κ2) is 7.89. The van der Waals surface area contributed by atoms with Gasteiger partial charge in [0.1, 0.15) is 16.4 Å². The van der Waals surface area contributed by atoms with Gasteiger partial charge < -0.3 is 9.47 Å². The van der Waals surface area contributed by atoms with Crippen molar-refractivity contribution < 1.29 is 17.9 Å². The van der Waals surface area contributed by atoms with Crippen LogP contribution in [0.5, 0.6) is 11.5 Å². The molecule has 0 saturated heterocycles.